The molecule has 0 aliphatic heterocycles. The second-order valence-corrected chi connectivity index (χ2v) is 3.17. The number of carbonyl (C=O) groups is 2. The molecule has 4 N–H and O–H groups in total. The zero-order valence-corrected chi connectivity index (χ0v) is 8.02. The van der Waals surface area contributed by atoms with E-state index in [2.05, 4.69) is 10.3 Å². The highest BCUT2D eigenvalue weighted by Crippen LogP contribution is 2.25. The molecular formula is C10H8N2O4. The molecule has 2 aromatic rings. The Labute approximate surface area is 89.5 Å². The highest BCUT2D eigenvalue weighted by atomic mass is 16.4. The summed E-state index contributed by atoms with van der Waals surface area (Å²) < 4.78 is 0. The van der Waals surface area contributed by atoms with E-state index >= 15 is 0 Å². The number of amides is 1. The summed E-state index contributed by atoms with van der Waals surface area (Å²) in [5, 5.41) is 20.4. The van der Waals surface area contributed by atoms with E-state index in [-0.39, 0.29) is 11.3 Å². The normalized spacial score (nSPS) is 10.2. The summed E-state index contributed by atoms with van der Waals surface area (Å²) in [6, 6.07) is 4.78. The standard InChI is InChI=1S/C10H8N2O4/c13-9(14)7-6(12-10(15)16)2-1-5-3-4-11-8(5)7/h1-4,11-12H,(H,13,14)(H,15,16). The fourth-order valence-electron chi connectivity index (χ4n) is 1.57. The molecule has 0 bridgehead atoms. The van der Waals surface area contributed by atoms with Crippen LogP contribution < -0.4 is 5.32 Å². The number of H-pyrrole nitrogens is 1. The van der Waals surface area contributed by atoms with Crippen LogP contribution in [-0.2, 0) is 0 Å². The Bertz CT molecular complexity index is 573. The van der Waals surface area contributed by atoms with Gasteiger partial charge in [-0.1, -0.05) is 6.07 Å². The van der Waals surface area contributed by atoms with E-state index in [1.807, 2.05) is 0 Å². The van der Waals surface area contributed by atoms with Gasteiger partial charge in [0.05, 0.1) is 11.2 Å². The number of benzene rings is 1. The first-order valence-electron chi connectivity index (χ1n) is 4.43. The molecule has 1 aromatic heterocycles. The maximum Gasteiger partial charge on any atom is 0.409 e. The fourth-order valence-corrected chi connectivity index (χ4v) is 1.57. The molecule has 0 saturated carbocycles. The van der Waals surface area contributed by atoms with Crippen molar-refractivity contribution in [3.05, 3.63) is 30.0 Å². The van der Waals surface area contributed by atoms with Gasteiger partial charge in [-0.2, -0.15) is 0 Å². The quantitative estimate of drug-likeness (QED) is 0.621. The van der Waals surface area contributed by atoms with Gasteiger partial charge < -0.3 is 15.2 Å². The molecule has 0 radical (unpaired) electrons. The zero-order valence-electron chi connectivity index (χ0n) is 8.02. The van der Waals surface area contributed by atoms with Gasteiger partial charge in [-0.3, -0.25) is 5.32 Å². The third kappa shape index (κ3) is 1.56. The van der Waals surface area contributed by atoms with Gasteiger partial charge in [0, 0.05) is 11.6 Å². The van der Waals surface area contributed by atoms with Crippen molar-refractivity contribution in [3.8, 4) is 0 Å². The summed E-state index contributed by atoms with van der Waals surface area (Å²) in [6.45, 7) is 0. The monoisotopic (exact) mass is 220 g/mol. The highest BCUT2D eigenvalue weighted by molar-refractivity contribution is 6.09. The van der Waals surface area contributed by atoms with Crippen LogP contribution in [0.4, 0.5) is 10.5 Å². The summed E-state index contributed by atoms with van der Waals surface area (Å²) in [7, 11) is 0. The van der Waals surface area contributed by atoms with Gasteiger partial charge in [0.25, 0.3) is 0 Å². The average molecular weight is 220 g/mol. The molecule has 6 heteroatoms. The van der Waals surface area contributed by atoms with Gasteiger partial charge in [-0.25, -0.2) is 9.59 Å². The van der Waals surface area contributed by atoms with Gasteiger partial charge in [0.1, 0.15) is 5.56 Å². The molecule has 0 atom stereocenters. The fraction of sp³-hybridized carbons (Fsp3) is 0. The van der Waals surface area contributed by atoms with Crippen LogP contribution in [0.15, 0.2) is 24.4 Å². The minimum Gasteiger partial charge on any atom is -0.478 e. The lowest BCUT2D eigenvalue weighted by atomic mass is 10.1. The average Bonchev–Trinajstić information content (AvgIpc) is 2.63. The smallest absolute Gasteiger partial charge is 0.409 e. The molecule has 16 heavy (non-hydrogen) atoms. The lowest BCUT2D eigenvalue weighted by molar-refractivity contribution is 0.0700. The number of nitrogens with one attached hydrogen (secondary N) is 2. The van der Waals surface area contributed by atoms with Crippen LogP contribution in [0.5, 0.6) is 0 Å². The van der Waals surface area contributed by atoms with Gasteiger partial charge in [0.2, 0.25) is 0 Å². The van der Waals surface area contributed by atoms with E-state index in [4.69, 9.17) is 10.2 Å². The lowest BCUT2D eigenvalue weighted by Gasteiger charge is -2.06. The number of aromatic amines is 1. The second-order valence-electron chi connectivity index (χ2n) is 3.17. The number of carboxylic acid groups (broad SMARTS) is 2. The highest BCUT2D eigenvalue weighted by Gasteiger charge is 2.16. The van der Waals surface area contributed by atoms with Crippen LogP contribution in [0, 0.1) is 0 Å². The first kappa shape index (κ1) is 10.0. The molecule has 0 fully saturated rings. The summed E-state index contributed by atoms with van der Waals surface area (Å²) in [5.74, 6) is -1.18. The molecule has 0 aliphatic carbocycles. The molecule has 6 nitrogen and oxygen atoms in total. The third-order valence-corrected chi connectivity index (χ3v) is 2.18. The van der Waals surface area contributed by atoms with Crippen molar-refractivity contribution in [2.75, 3.05) is 5.32 Å². The first-order chi connectivity index (χ1) is 7.59. The third-order valence-electron chi connectivity index (χ3n) is 2.18. The van der Waals surface area contributed by atoms with Crippen molar-refractivity contribution < 1.29 is 19.8 Å². The Morgan fingerprint density at radius 2 is 1.94 bits per heavy atom. The Balaban J connectivity index is 2.68. The molecular weight excluding hydrogens is 212 g/mol. The molecule has 1 amide bonds. The number of hydrogen-bond acceptors (Lipinski definition) is 2. The number of fused-ring (bicyclic) bond motifs is 1. The predicted molar refractivity (Wildman–Crippen MR) is 56.9 cm³/mol. The first-order valence-corrected chi connectivity index (χ1v) is 4.43. The minimum absolute atomic E-state index is 0.0509. The largest absolute Gasteiger partial charge is 0.478 e. The van der Waals surface area contributed by atoms with Crippen molar-refractivity contribution in [2.45, 2.75) is 0 Å². The van der Waals surface area contributed by atoms with Gasteiger partial charge >= 0.3 is 12.1 Å². The van der Waals surface area contributed by atoms with Crippen molar-refractivity contribution in [2.24, 2.45) is 0 Å². The molecule has 82 valence electrons. The number of rotatable bonds is 2. The summed E-state index contributed by atoms with van der Waals surface area (Å²) in [6.07, 6.45) is 0.301. The van der Waals surface area contributed by atoms with Crippen LogP contribution in [0.1, 0.15) is 10.4 Å². The number of hydrogen-bond donors (Lipinski definition) is 4. The number of carboxylic acids is 1. The van der Waals surface area contributed by atoms with Crippen molar-refractivity contribution >= 4 is 28.7 Å². The minimum atomic E-state index is -1.30. The SMILES string of the molecule is O=C(O)Nc1ccc2cc[nH]c2c1C(=O)O. The molecule has 0 saturated heterocycles. The Morgan fingerprint density at radius 1 is 1.19 bits per heavy atom. The van der Waals surface area contributed by atoms with Crippen LogP contribution in [0.25, 0.3) is 10.9 Å². The summed E-state index contributed by atoms with van der Waals surface area (Å²) >= 11 is 0. The van der Waals surface area contributed by atoms with Crippen LogP contribution >= 0.6 is 0 Å². The Morgan fingerprint density at radius 3 is 2.56 bits per heavy atom. The zero-order chi connectivity index (χ0) is 11.7. The number of anilines is 1. The molecule has 1 heterocycles. The van der Waals surface area contributed by atoms with Crippen molar-refractivity contribution in [1.82, 2.24) is 4.98 Å². The van der Waals surface area contributed by atoms with E-state index in [0.29, 0.717) is 10.9 Å². The maximum atomic E-state index is 11.1. The van der Waals surface area contributed by atoms with E-state index in [9.17, 15) is 9.59 Å². The molecule has 2 rings (SSSR count). The van der Waals surface area contributed by atoms with Crippen molar-refractivity contribution in [3.63, 3.8) is 0 Å². The van der Waals surface area contributed by atoms with Gasteiger partial charge in [-0.15, -0.1) is 0 Å². The molecule has 0 unspecified atom stereocenters. The lowest BCUT2D eigenvalue weighted by Crippen LogP contribution is -2.12. The van der Waals surface area contributed by atoms with Gasteiger partial charge in [0.15, 0.2) is 0 Å². The Kier molecular flexibility index (Phi) is 2.24. The topological polar surface area (TPSA) is 102 Å². The van der Waals surface area contributed by atoms with Crippen LogP contribution in [-0.4, -0.2) is 27.3 Å². The second kappa shape index (κ2) is 3.58. The van der Waals surface area contributed by atoms with E-state index in [1.165, 1.54) is 6.07 Å². The summed E-state index contributed by atoms with van der Waals surface area (Å²) in [4.78, 5) is 24.3. The van der Waals surface area contributed by atoms with Crippen LogP contribution in [0.3, 0.4) is 0 Å². The van der Waals surface area contributed by atoms with E-state index in [0.717, 1.165) is 0 Å². The van der Waals surface area contributed by atoms with E-state index < -0.39 is 12.1 Å². The maximum absolute atomic E-state index is 11.1. The van der Waals surface area contributed by atoms with E-state index in [1.54, 1.807) is 18.3 Å². The van der Waals surface area contributed by atoms with Crippen LogP contribution in [0.2, 0.25) is 0 Å². The van der Waals surface area contributed by atoms with Gasteiger partial charge in [-0.05, 0) is 12.1 Å². The molecule has 1 aromatic carbocycles. The molecule has 0 spiro atoms. The summed E-state index contributed by atoms with van der Waals surface area (Å²) in [5.41, 5.74) is 0.374. The predicted octanol–water partition coefficient (Wildman–Crippen LogP) is 1.96. The Hall–Kier alpha value is -2.50. The van der Waals surface area contributed by atoms with Crippen molar-refractivity contribution in [1.29, 1.82) is 0 Å². The number of aromatic carboxylic acids is 1. The molecule has 0 aliphatic rings. The number of aromatic nitrogens is 1.